The van der Waals surface area contributed by atoms with Crippen LogP contribution in [0.3, 0.4) is 0 Å². The zero-order chi connectivity index (χ0) is 32.8. The number of benzene rings is 9. The first kappa shape index (κ1) is 27.3. The average Bonchev–Trinajstić information content (AvgIpc) is 3.51. The van der Waals surface area contributed by atoms with Crippen molar-refractivity contribution in [2.75, 3.05) is 0 Å². The van der Waals surface area contributed by atoms with Crippen LogP contribution in [-0.4, -0.2) is 4.57 Å². The highest BCUT2D eigenvalue weighted by Crippen LogP contribution is 2.48. The van der Waals surface area contributed by atoms with Gasteiger partial charge in [-0.25, -0.2) is 0 Å². The van der Waals surface area contributed by atoms with Crippen LogP contribution in [0.5, 0.6) is 11.5 Å². The highest BCUT2D eigenvalue weighted by Gasteiger charge is 2.21. The van der Waals surface area contributed by atoms with Gasteiger partial charge in [0.15, 0.2) is 0 Å². The maximum atomic E-state index is 6.37. The molecule has 10 aromatic rings. The molecule has 0 bridgehead atoms. The van der Waals surface area contributed by atoms with E-state index in [1.807, 2.05) is 12.1 Å². The first-order chi connectivity index (χ1) is 24.8. The zero-order valence-electron chi connectivity index (χ0n) is 27.1. The summed E-state index contributed by atoms with van der Waals surface area (Å²) in [5.41, 5.74) is 10.8. The van der Waals surface area contributed by atoms with Crippen LogP contribution in [0.2, 0.25) is 0 Å². The van der Waals surface area contributed by atoms with E-state index in [-0.39, 0.29) is 0 Å². The number of rotatable bonds is 3. The second-order valence-corrected chi connectivity index (χ2v) is 13.3. The molecule has 0 amide bonds. The van der Waals surface area contributed by atoms with Crippen molar-refractivity contribution >= 4 is 54.1 Å². The third-order valence-electron chi connectivity index (χ3n) is 10.6. The highest BCUT2D eigenvalue weighted by atomic mass is 16.5. The molecule has 0 atom stereocenters. The van der Waals surface area contributed by atoms with Crippen LogP contribution in [0, 0.1) is 0 Å². The molecule has 11 rings (SSSR count). The number of para-hydroxylation sites is 1. The molecule has 1 aromatic heterocycles. The maximum absolute atomic E-state index is 6.37. The van der Waals surface area contributed by atoms with E-state index in [0.717, 1.165) is 22.7 Å². The van der Waals surface area contributed by atoms with Crippen molar-refractivity contribution < 1.29 is 4.74 Å². The number of hydrogen-bond acceptors (Lipinski definition) is 1. The summed E-state index contributed by atoms with van der Waals surface area (Å²) < 4.78 is 8.83. The van der Waals surface area contributed by atoms with Crippen molar-refractivity contribution in [3.05, 3.63) is 176 Å². The maximum Gasteiger partial charge on any atom is 0.135 e. The van der Waals surface area contributed by atoms with Gasteiger partial charge in [-0.1, -0.05) is 133 Å². The molecular weight excluding hydrogens is 607 g/mol. The van der Waals surface area contributed by atoms with Crippen LogP contribution in [0.15, 0.2) is 176 Å². The van der Waals surface area contributed by atoms with Gasteiger partial charge in [-0.15, -0.1) is 0 Å². The van der Waals surface area contributed by atoms with E-state index in [1.165, 1.54) is 81.9 Å². The fraction of sp³-hybridized carbons (Fsp3) is 0. The van der Waals surface area contributed by atoms with Crippen LogP contribution in [-0.2, 0) is 0 Å². The van der Waals surface area contributed by atoms with Crippen LogP contribution in [0.1, 0.15) is 0 Å². The topological polar surface area (TPSA) is 14.2 Å². The number of aromatic nitrogens is 1. The molecule has 0 fully saturated rings. The zero-order valence-corrected chi connectivity index (χ0v) is 27.1. The van der Waals surface area contributed by atoms with Gasteiger partial charge in [0.1, 0.15) is 11.5 Å². The van der Waals surface area contributed by atoms with Crippen molar-refractivity contribution in [1.82, 2.24) is 4.57 Å². The van der Waals surface area contributed by atoms with Gasteiger partial charge in [-0.05, 0) is 91.8 Å². The molecule has 0 saturated heterocycles. The Bertz CT molecular complexity index is 3000. The van der Waals surface area contributed by atoms with E-state index in [9.17, 15) is 0 Å². The summed E-state index contributed by atoms with van der Waals surface area (Å²) in [4.78, 5) is 0. The van der Waals surface area contributed by atoms with E-state index < -0.39 is 0 Å². The molecule has 2 nitrogen and oxygen atoms in total. The molecule has 0 spiro atoms. The van der Waals surface area contributed by atoms with E-state index in [2.05, 4.69) is 168 Å². The van der Waals surface area contributed by atoms with Crippen LogP contribution >= 0.6 is 0 Å². The molecule has 0 radical (unpaired) electrons. The monoisotopic (exact) mass is 635 g/mol. The molecule has 0 saturated carbocycles. The van der Waals surface area contributed by atoms with Crippen molar-refractivity contribution in [3.8, 4) is 50.6 Å². The fourth-order valence-electron chi connectivity index (χ4n) is 8.23. The molecule has 2 heterocycles. The summed E-state index contributed by atoms with van der Waals surface area (Å²) >= 11 is 0. The number of ether oxygens (including phenoxy) is 1. The Hall–Kier alpha value is -6.64. The Morgan fingerprint density at radius 1 is 0.360 bits per heavy atom. The fourth-order valence-corrected chi connectivity index (χ4v) is 8.23. The lowest BCUT2D eigenvalue weighted by atomic mass is 9.90. The lowest BCUT2D eigenvalue weighted by Gasteiger charge is -2.22. The molecule has 1 aliphatic heterocycles. The Kier molecular flexibility index (Phi) is 5.70. The van der Waals surface area contributed by atoms with Gasteiger partial charge in [-0.2, -0.15) is 0 Å². The molecule has 232 valence electrons. The Balaban J connectivity index is 1.05. The minimum absolute atomic E-state index is 0.910. The molecule has 0 N–H and O–H groups in total. The van der Waals surface area contributed by atoms with Gasteiger partial charge in [0.25, 0.3) is 0 Å². The summed E-state index contributed by atoms with van der Waals surface area (Å²) in [5, 5.41) is 9.94. The Morgan fingerprint density at radius 2 is 1.08 bits per heavy atom. The van der Waals surface area contributed by atoms with Gasteiger partial charge < -0.3 is 9.30 Å². The van der Waals surface area contributed by atoms with Crippen LogP contribution in [0.4, 0.5) is 0 Å². The van der Waals surface area contributed by atoms with Gasteiger partial charge >= 0.3 is 0 Å². The molecule has 1 aliphatic rings. The van der Waals surface area contributed by atoms with Crippen molar-refractivity contribution in [2.45, 2.75) is 0 Å². The lowest BCUT2D eigenvalue weighted by Crippen LogP contribution is -1.97. The molecule has 0 aliphatic carbocycles. The molecule has 0 unspecified atom stereocenters. The van der Waals surface area contributed by atoms with Gasteiger partial charge in [0.2, 0.25) is 0 Å². The molecule has 50 heavy (non-hydrogen) atoms. The number of hydrogen-bond donors (Lipinski definition) is 0. The van der Waals surface area contributed by atoms with E-state index in [0.29, 0.717) is 0 Å². The number of fused-ring (bicyclic) bond motifs is 8. The van der Waals surface area contributed by atoms with Gasteiger partial charge in [0, 0.05) is 32.8 Å². The first-order valence-corrected chi connectivity index (χ1v) is 17.2. The second-order valence-electron chi connectivity index (χ2n) is 13.3. The van der Waals surface area contributed by atoms with Crippen molar-refractivity contribution in [1.29, 1.82) is 0 Å². The van der Waals surface area contributed by atoms with E-state index >= 15 is 0 Å². The molecule has 2 heteroatoms. The van der Waals surface area contributed by atoms with Crippen LogP contribution < -0.4 is 4.74 Å². The Morgan fingerprint density at radius 3 is 1.98 bits per heavy atom. The summed E-state index contributed by atoms with van der Waals surface area (Å²) in [7, 11) is 0. The van der Waals surface area contributed by atoms with Gasteiger partial charge in [-0.3, -0.25) is 0 Å². The SMILES string of the molecule is c1cc(-c2ccc(-n3c4cc5ccccc5cc4c4ccc5ccccc5c43)cc2)cc(-c2ccc3c4c(cccc24)-c2ccccc2O3)c1. The van der Waals surface area contributed by atoms with Crippen molar-refractivity contribution in [3.63, 3.8) is 0 Å². The largest absolute Gasteiger partial charge is 0.456 e. The van der Waals surface area contributed by atoms with Gasteiger partial charge in [0.05, 0.1) is 11.0 Å². The first-order valence-electron chi connectivity index (χ1n) is 17.2. The summed E-state index contributed by atoms with van der Waals surface area (Å²) in [5.74, 6) is 1.82. The smallest absolute Gasteiger partial charge is 0.135 e. The molecular formula is C48H29NO. The average molecular weight is 636 g/mol. The molecule has 9 aromatic carbocycles. The second kappa shape index (κ2) is 10.4. The third-order valence-corrected chi connectivity index (χ3v) is 10.6. The minimum Gasteiger partial charge on any atom is -0.456 e. The van der Waals surface area contributed by atoms with E-state index in [4.69, 9.17) is 4.74 Å². The van der Waals surface area contributed by atoms with Crippen LogP contribution in [0.25, 0.3) is 93.2 Å². The summed E-state index contributed by atoms with van der Waals surface area (Å²) in [6.07, 6.45) is 0. The minimum atomic E-state index is 0.910. The standard InChI is InChI=1S/C48H29NO/c1-2-11-34-29-44-43(28-33(34)10-1)42-24-21-31-9-3-4-14-38(31)48(42)49(44)36-22-19-30(20-23-36)32-12-7-13-35(27-32)37-25-26-46-47-40(37)16-8-17-41(47)39-15-5-6-18-45(39)50-46/h1-29H. The van der Waals surface area contributed by atoms with Crippen molar-refractivity contribution in [2.24, 2.45) is 0 Å². The predicted octanol–water partition coefficient (Wildman–Crippen LogP) is 13.3. The normalized spacial score (nSPS) is 12.2. The third kappa shape index (κ3) is 3.96. The number of nitrogens with zero attached hydrogens (tertiary/aromatic N) is 1. The summed E-state index contributed by atoms with van der Waals surface area (Å²) in [6.45, 7) is 0. The Labute approximate surface area is 289 Å². The summed E-state index contributed by atoms with van der Waals surface area (Å²) in [6, 6.07) is 63.8. The lowest BCUT2D eigenvalue weighted by molar-refractivity contribution is 0.487. The predicted molar refractivity (Wildman–Crippen MR) is 210 cm³/mol. The highest BCUT2D eigenvalue weighted by molar-refractivity contribution is 6.20. The van der Waals surface area contributed by atoms with E-state index in [1.54, 1.807) is 0 Å². The quantitative estimate of drug-likeness (QED) is 0.188.